The van der Waals surface area contributed by atoms with Crippen LogP contribution in [0, 0.1) is 5.41 Å². The van der Waals surface area contributed by atoms with Gasteiger partial charge in [-0.15, -0.1) is 0 Å². The minimum Gasteiger partial charge on any atom is -0.493 e. The highest BCUT2D eigenvalue weighted by Crippen LogP contribution is 2.39. The number of rotatable bonds is 8. The molecule has 0 radical (unpaired) electrons. The number of aromatic nitrogens is 2. The summed E-state index contributed by atoms with van der Waals surface area (Å²) in [5.41, 5.74) is 0.540. The minimum absolute atomic E-state index is 0.0323. The lowest BCUT2D eigenvalue weighted by molar-refractivity contribution is -0.157. The molecule has 0 spiro atoms. The monoisotopic (exact) mass is 405 g/mol. The Kier molecular flexibility index (Phi) is 7.08. The maximum Gasteiger partial charge on any atom is 0.313 e. The Bertz CT molecular complexity index is 870. The number of esters is 1. The summed E-state index contributed by atoms with van der Waals surface area (Å²) < 4.78 is 22.6. The molecule has 2 aromatic rings. The van der Waals surface area contributed by atoms with E-state index in [0.717, 1.165) is 0 Å². The Hall–Kier alpha value is -3.23. The number of methoxy groups -OCH3 is 3. The molecule has 158 valence electrons. The molecule has 2 rings (SSSR count). The summed E-state index contributed by atoms with van der Waals surface area (Å²) in [4.78, 5) is 24.3. The Morgan fingerprint density at radius 2 is 1.76 bits per heavy atom. The van der Waals surface area contributed by atoms with E-state index in [9.17, 15) is 9.59 Å². The molecule has 0 saturated carbocycles. The number of nitrogens with zero attached hydrogens (tertiary/aromatic N) is 2. The first-order chi connectivity index (χ1) is 13.7. The molecule has 1 N–H and O–H groups in total. The number of benzene rings is 1. The molecule has 0 aliphatic heterocycles. The number of hydrogen-bond donors (Lipinski definition) is 1. The van der Waals surface area contributed by atoms with E-state index >= 15 is 0 Å². The average molecular weight is 405 g/mol. The van der Waals surface area contributed by atoms with Crippen LogP contribution in [0.25, 0.3) is 0 Å². The van der Waals surface area contributed by atoms with Crippen LogP contribution in [0.2, 0.25) is 0 Å². The summed E-state index contributed by atoms with van der Waals surface area (Å²) in [5.74, 6) is 0.779. The maximum atomic E-state index is 12.4. The number of carbonyl (C=O) groups is 2. The highest BCUT2D eigenvalue weighted by Gasteiger charge is 2.23. The van der Waals surface area contributed by atoms with Gasteiger partial charge in [-0.25, -0.2) is 4.68 Å². The topological polar surface area (TPSA) is 101 Å². The van der Waals surface area contributed by atoms with Gasteiger partial charge in [0.05, 0.1) is 51.2 Å². The highest BCUT2D eigenvalue weighted by molar-refractivity contribution is 5.92. The smallest absolute Gasteiger partial charge is 0.313 e. The summed E-state index contributed by atoms with van der Waals surface area (Å²) in [6, 6.07) is 3.46. The molecular weight excluding hydrogens is 378 g/mol. The van der Waals surface area contributed by atoms with E-state index < -0.39 is 5.41 Å². The van der Waals surface area contributed by atoms with Crippen LogP contribution in [0.4, 0.5) is 5.69 Å². The number of amides is 1. The standard InChI is InChI=1S/C20H27N3O6/c1-20(2,3)19(25)29-12-23-11-14(10-21-23)22-16(24)9-13-7-8-15(26-4)18(28-6)17(13)27-5/h7-8,10-11H,9,12H2,1-6H3,(H,22,24). The molecule has 0 fully saturated rings. The number of ether oxygens (including phenoxy) is 4. The summed E-state index contributed by atoms with van der Waals surface area (Å²) in [7, 11) is 4.53. The average Bonchev–Trinajstić information content (AvgIpc) is 3.11. The summed E-state index contributed by atoms with van der Waals surface area (Å²) in [6.07, 6.45) is 3.13. The van der Waals surface area contributed by atoms with Crippen LogP contribution in [0.15, 0.2) is 24.5 Å². The fourth-order valence-electron chi connectivity index (χ4n) is 2.52. The van der Waals surface area contributed by atoms with Gasteiger partial charge in [-0.2, -0.15) is 5.10 Å². The number of hydrogen-bond acceptors (Lipinski definition) is 7. The van der Waals surface area contributed by atoms with Crippen molar-refractivity contribution in [2.24, 2.45) is 5.41 Å². The number of anilines is 1. The summed E-state index contributed by atoms with van der Waals surface area (Å²) in [6.45, 7) is 5.28. The van der Waals surface area contributed by atoms with Crippen LogP contribution in [0.3, 0.4) is 0 Å². The minimum atomic E-state index is -0.595. The first kappa shape index (κ1) is 22.1. The summed E-state index contributed by atoms with van der Waals surface area (Å²) in [5, 5.41) is 6.83. The molecule has 1 aromatic carbocycles. The van der Waals surface area contributed by atoms with Gasteiger partial charge in [0.25, 0.3) is 0 Å². The van der Waals surface area contributed by atoms with Gasteiger partial charge < -0.3 is 24.3 Å². The van der Waals surface area contributed by atoms with Crippen LogP contribution in [0.5, 0.6) is 17.2 Å². The predicted octanol–water partition coefficient (Wildman–Crippen LogP) is 2.64. The van der Waals surface area contributed by atoms with Crippen molar-refractivity contribution in [1.29, 1.82) is 0 Å². The van der Waals surface area contributed by atoms with Crippen molar-refractivity contribution < 1.29 is 28.5 Å². The van der Waals surface area contributed by atoms with Crippen LogP contribution < -0.4 is 19.5 Å². The molecule has 1 heterocycles. The van der Waals surface area contributed by atoms with Crippen LogP contribution >= 0.6 is 0 Å². The van der Waals surface area contributed by atoms with Gasteiger partial charge in [0.2, 0.25) is 11.7 Å². The fourth-order valence-corrected chi connectivity index (χ4v) is 2.52. The van der Waals surface area contributed by atoms with Gasteiger partial charge in [-0.05, 0) is 26.8 Å². The molecule has 1 aromatic heterocycles. The Labute approximate surface area is 169 Å². The van der Waals surface area contributed by atoms with Crippen molar-refractivity contribution in [2.75, 3.05) is 26.6 Å². The third-order valence-electron chi connectivity index (χ3n) is 3.99. The second-order valence-corrected chi connectivity index (χ2v) is 7.30. The lowest BCUT2D eigenvalue weighted by atomic mass is 9.98. The molecule has 9 heteroatoms. The number of nitrogens with one attached hydrogen (secondary N) is 1. The highest BCUT2D eigenvalue weighted by atomic mass is 16.5. The SMILES string of the molecule is COc1ccc(CC(=O)Nc2cnn(COC(=O)C(C)(C)C)c2)c(OC)c1OC. The van der Waals surface area contributed by atoms with E-state index in [4.69, 9.17) is 18.9 Å². The largest absolute Gasteiger partial charge is 0.493 e. The van der Waals surface area contributed by atoms with Crippen molar-refractivity contribution in [2.45, 2.75) is 33.9 Å². The Morgan fingerprint density at radius 3 is 2.34 bits per heavy atom. The second kappa shape index (κ2) is 9.31. The zero-order valence-electron chi connectivity index (χ0n) is 17.6. The van der Waals surface area contributed by atoms with Gasteiger partial charge >= 0.3 is 5.97 Å². The van der Waals surface area contributed by atoms with Crippen molar-refractivity contribution in [3.05, 3.63) is 30.1 Å². The third-order valence-corrected chi connectivity index (χ3v) is 3.99. The quantitative estimate of drug-likeness (QED) is 0.674. The van der Waals surface area contributed by atoms with Gasteiger partial charge in [0.1, 0.15) is 0 Å². The summed E-state index contributed by atoms with van der Waals surface area (Å²) >= 11 is 0. The van der Waals surface area contributed by atoms with Crippen molar-refractivity contribution >= 4 is 17.6 Å². The van der Waals surface area contributed by atoms with Gasteiger partial charge in [-0.1, -0.05) is 6.07 Å². The molecule has 29 heavy (non-hydrogen) atoms. The van der Waals surface area contributed by atoms with E-state index in [2.05, 4.69) is 10.4 Å². The van der Waals surface area contributed by atoms with Crippen LogP contribution in [-0.2, 0) is 27.5 Å². The zero-order valence-corrected chi connectivity index (χ0v) is 17.6. The van der Waals surface area contributed by atoms with E-state index in [1.165, 1.54) is 32.2 Å². The van der Waals surface area contributed by atoms with Gasteiger partial charge in [0.15, 0.2) is 18.2 Å². The molecule has 1 amide bonds. The lowest BCUT2D eigenvalue weighted by Gasteiger charge is -2.16. The fraction of sp³-hybridized carbons (Fsp3) is 0.450. The molecule has 0 aliphatic rings. The van der Waals surface area contributed by atoms with E-state index in [1.807, 2.05) is 0 Å². The molecule has 0 atom stereocenters. The Morgan fingerprint density at radius 1 is 1.07 bits per heavy atom. The number of carbonyl (C=O) groups excluding carboxylic acids is 2. The molecule has 9 nitrogen and oxygen atoms in total. The zero-order chi connectivity index (χ0) is 21.6. The van der Waals surface area contributed by atoms with E-state index in [0.29, 0.717) is 28.5 Å². The first-order valence-corrected chi connectivity index (χ1v) is 8.97. The lowest BCUT2D eigenvalue weighted by Crippen LogP contribution is -2.24. The molecular formula is C20H27N3O6. The first-order valence-electron chi connectivity index (χ1n) is 8.97. The molecule has 0 bridgehead atoms. The van der Waals surface area contributed by atoms with Crippen LogP contribution in [-0.4, -0.2) is 43.0 Å². The molecule has 0 saturated heterocycles. The third kappa shape index (κ3) is 5.63. The van der Waals surface area contributed by atoms with Crippen molar-refractivity contribution in [3.63, 3.8) is 0 Å². The van der Waals surface area contributed by atoms with E-state index in [1.54, 1.807) is 39.1 Å². The maximum absolute atomic E-state index is 12.4. The molecule has 0 unspecified atom stereocenters. The van der Waals surface area contributed by atoms with Crippen molar-refractivity contribution in [1.82, 2.24) is 9.78 Å². The van der Waals surface area contributed by atoms with Gasteiger partial charge in [-0.3, -0.25) is 9.59 Å². The van der Waals surface area contributed by atoms with Crippen LogP contribution in [0.1, 0.15) is 26.3 Å². The molecule has 0 aliphatic carbocycles. The second-order valence-electron chi connectivity index (χ2n) is 7.30. The predicted molar refractivity (Wildman–Crippen MR) is 106 cm³/mol. The van der Waals surface area contributed by atoms with Gasteiger partial charge in [0, 0.05) is 5.56 Å². The normalized spacial score (nSPS) is 11.0. The van der Waals surface area contributed by atoms with Crippen molar-refractivity contribution in [3.8, 4) is 17.2 Å². The van der Waals surface area contributed by atoms with E-state index in [-0.39, 0.29) is 25.0 Å². The Balaban J connectivity index is 2.02.